The summed E-state index contributed by atoms with van der Waals surface area (Å²) in [5, 5.41) is 0. The minimum Gasteiger partial charge on any atom is -0.465 e. The fraction of sp³-hybridized carbons (Fsp3) is 0.316. The van der Waals surface area contributed by atoms with Crippen molar-refractivity contribution in [2.24, 2.45) is 0 Å². The van der Waals surface area contributed by atoms with Crippen molar-refractivity contribution in [1.29, 1.82) is 0 Å². The van der Waals surface area contributed by atoms with Gasteiger partial charge in [-0.15, -0.1) is 0 Å². The number of rotatable bonds is 7. The second-order valence-corrected chi connectivity index (χ2v) is 7.73. The maximum Gasteiger partial charge on any atom is 0.338 e. The number of benzene rings is 2. The largest absolute Gasteiger partial charge is 0.465 e. The second kappa shape index (κ2) is 8.27. The van der Waals surface area contributed by atoms with Gasteiger partial charge in [-0.05, 0) is 49.9 Å². The van der Waals surface area contributed by atoms with E-state index in [0.717, 1.165) is 12.0 Å². The standard InChI is InChI=1S/C19H23NO4S/c1-14-9-12-17(13-18(14)19(21)24-3)25(22,23)20-15(2)10-11-16-7-5-4-6-8-16/h4-9,12-13,15,20H,10-11H2,1-3H3. The van der Waals surface area contributed by atoms with Crippen molar-refractivity contribution in [1.82, 2.24) is 4.72 Å². The van der Waals surface area contributed by atoms with Gasteiger partial charge in [0.2, 0.25) is 10.0 Å². The van der Waals surface area contributed by atoms with Gasteiger partial charge in [0.25, 0.3) is 0 Å². The molecular formula is C19H23NO4S. The minimum atomic E-state index is -3.70. The Bertz CT molecular complexity index is 832. The number of esters is 1. The Balaban J connectivity index is 2.09. The third kappa shape index (κ3) is 5.14. The average molecular weight is 361 g/mol. The molecule has 1 unspecified atom stereocenters. The number of hydrogen-bond donors (Lipinski definition) is 1. The molecular weight excluding hydrogens is 338 g/mol. The van der Waals surface area contributed by atoms with Gasteiger partial charge >= 0.3 is 5.97 Å². The number of ether oxygens (including phenoxy) is 1. The van der Waals surface area contributed by atoms with E-state index in [1.807, 2.05) is 37.3 Å². The molecule has 2 aromatic rings. The van der Waals surface area contributed by atoms with E-state index < -0.39 is 16.0 Å². The summed E-state index contributed by atoms with van der Waals surface area (Å²) in [6.07, 6.45) is 1.46. The van der Waals surface area contributed by atoms with Gasteiger partial charge in [-0.3, -0.25) is 0 Å². The summed E-state index contributed by atoms with van der Waals surface area (Å²) in [4.78, 5) is 11.8. The van der Waals surface area contributed by atoms with Crippen molar-refractivity contribution in [2.45, 2.75) is 37.6 Å². The lowest BCUT2D eigenvalue weighted by molar-refractivity contribution is 0.0599. The fourth-order valence-electron chi connectivity index (χ4n) is 2.52. The molecule has 2 aromatic carbocycles. The maximum absolute atomic E-state index is 12.6. The Labute approximate surface area is 149 Å². The van der Waals surface area contributed by atoms with E-state index >= 15 is 0 Å². The van der Waals surface area contributed by atoms with Gasteiger partial charge in [-0.2, -0.15) is 0 Å². The van der Waals surface area contributed by atoms with E-state index in [1.165, 1.54) is 19.2 Å². The van der Waals surface area contributed by atoms with Gasteiger partial charge < -0.3 is 4.74 Å². The molecule has 0 amide bonds. The Morgan fingerprint density at radius 3 is 2.48 bits per heavy atom. The molecule has 0 aliphatic heterocycles. The predicted molar refractivity (Wildman–Crippen MR) is 97.1 cm³/mol. The second-order valence-electron chi connectivity index (χ2n) is 6.01. The van der Waals surface area contributed by atoms with Crippen molar-refractivity contribution in [2.75, 3.05) is 7.11 Å². The number of aryl methyl sites for hydroxylation is 2. The first kappa shape index (κ1) is 19.1. The van der Waals surface area contributed by atoms with E-state index in [0.29, 0.717) is 12.0 Å². The molecule has 1 N–H and O–H groups in total. The molecule has 25 heavy (non-hydrogen) atoms. The van der Waals surface area contributed by atoms with E-state index in [2.05, 4.69) is 4.72 Å². The number of methoxy groups -OCH3 is 1. The molecule has 0 heterocycles. The van der Waals surface area contributed by atoms with Crippen molar-refractivity contribution in [3.05, 3.63) is 65.2 Å². The monoisotopic (exact) mass is 361 g/mol. The van der Waals surface area contributed by atoms with Crippen LogP contribution in [-0.2, 0) is 21.2 Å². The summed E-state index contributed by atoms with van der Waals surface area (Å²) in [5.74, 6) is -0.549. The molecule has 0 saturated heterocycles. The third-order valence-electron chi connectivity index (χ3n) is 3.99. The average Bonchev–Trinajstić information content (AvgIpc) is 2.60. The molecule has 2 rings (SSSR count). The van der Waals surface area contributed by atoms with Crippen LogP contribution in [0.25, 0.3) is 0 Å². The molecule has 0 aromatic heterocycles. The molecule has 0 fully saturated rings. The summed E-state index contributed by atoms with van der Waals surface area (Å²) >= 11 is 0. The van der Waals surface area contributed by atoms with Crippen molar-refractivity contribution < 1.29 is 17.9 Å². The number of hydrogen-bond acceptors (Lipinski definition) is 4. The summed E-state index contributed by atoms with van der Waals surface area (Å²) in [6, 6.07) is 14.1. The number of nitrogens with one attached hydrogen (secondary N) is 1. The normalized spacial score (nSPS) is 12.6. The minimum absolute atomic E-state index is 0.0602. The van der Waals surface area contributed by atoms with E-state index in [1.54, 1.807) is 13.0 Å². The van der Waals surface area contributed by atoms with Crippen LogP contribution < -0.4 is 4.72 Å². The molecule has 6 heteroatoms. The van der Waals surface area contributed by atoms with Gasteiger partial charge in [0.05, 0.1) is 17.6 Å². The first-order valence-electron chi connectivity index (χ1n) is 8.08. The van der Waals surface area contributed by atoms with Crippen LogP contribution in [0.2, 0.25) is 0 Å². The Hall–Kier alpha value is -2.18. The van der Waals surface area contributed by atoms with Crippen LogP contribution in [0.5, 0.6) is 0 Å². The van der Waals surface area contributed by atoms with Gasteiger partial charge in [0.15, 0.2) is 0 Å². The highest BCUT2D eigenvalue weighted by molar-refractivity contribution is 7.89. The van der Waals surface area contributed by atoms with Crippen LogP contribution in [-0.4, -0.2) is 27.5 Å². The zero-order valence-electron chi connectivity index (χ0n) is 14.7. The highest BCUT2D eigenvalue weighted by Crippen LogP contribution is 2.17. The fourth-order valence-corrected chi connectivity index (χ4v) is 3.82. The first-order chi connectivity index (χ1) is 11.8. The summed E-state index contributed by atoms with van der Waals surface area (Å²) in [6.45, 7) is 3.56. The lowest BCUT2D eigenvalue weighted by Crippen LogP contribution is -2.33. The Morgan fingerprint density at radius 2 is 1.84 bits per heavy atom. The molecule has 0 spiro atoms. The van der Waals surface area contributed by atoms with Crippen LogP contribution in [0.15, 0.2) is 53.4 Å². The SMILES string of the molecule is COC(=O)c1cc(S(=O)(=O)NC(C)CCc2ccccc2)ccc1C. The molecule has 0 aliphatic carbocycles. The molecule has 0 saturated carbocycles. The Kier molecular flexibility index (Phi) is 6.33. The molecule has 0 aliphatic rings. The van der Waals surface area contributed by atoms with Crippen molar-refractivity contribution in [3.8, 4) is 0 Å². The number of carbonyl (C=O) groups is 1. The van der Waals surface area contributed by atoms with Crippen LogP contribution in [0.1, 0.15) is 34.8 Å². The highest BCUT2D eigenvalue weighted by Gasteiger charge is 2.20. The first-order valence-corrected chi connectivity index (χ1v) is 9.57. The third-order valence-corrected chi connectivity index (χ3v) is 5.58. The molecule has 0 bridgehead atoms. The van der Waals surface area contributed by atoms with Crippen LogP contribution >= 0.6 is 0 Å². The Morgan fingerprint density at radius 1 is 1.16 bits per heavy atom. The summed E-state index contributed by atoms with van der Waals surface area (Å²) in [7, 11) is -2.43. The lowest BCUT2D eigenvalue weighted by Gasteiger charge is -2.15. The van der Waals surface area contributed by atoms with Crippen molar-refractivity contribution >= 4 is 16.0 Å². The van der Waals surface area contributed by atoms with Gasteiger partial charge in [-0.25, -0.2) is 17.9 Å². The quantitative estimate of drug-likeness (QED) is 0.769. The maximum atomic E-state index is 12.6. The molecule has 0 radical (unpaired) electrons. The summed E-state index contributed by atoms with van der Waals surface area (Å²) < 4.78 is 32.5. The zero-order chi connectivity index (χ0) is 18.4. The predicted octanol–water partition coefficient (Wildman–Crippen LogP) is 3.08. The van der Waals surface area contributed by atoms with Gasteiger partial charge in [0.1, 0.15) is 0 Å². The van der Waals surface area contributed by atoms with E-state index in [4.69, 9.17) is 4.74 Å². The van der Waals surface area contributed by atoms with Crippen LogP contribution in [0, 0.1) is 6.92 Å². The van der Waals surface area contributed by atoms with Crippen LogP contribution in [0.3, 0.4) is 0 Å². The topological polar surface area (TPSA) is 72.5 Å². The molecule has 5 nitrogen and oxygen atoms in total. The van der Waals surface area contributed by atoms with E-state index in [-0.39, 0.29) is 16.5 Å². The zero-order valence-corrected chi connectivity index (χ0v) is 15.5. The highest BCUT2D eigenvalue weighted by atomic mass is 32.2. The van der Waals surface area contributed by atoms with Gasteiger partial charge in [0, 0.05) is 6.04 Å². The van der Waals surface area contributed by atoms with Gasteiger partial charge in [-0.1, -0.05) is 36.4 Å². The lowest BCUT2D eigenvalue weighted by atomic mass is 10.1. The van der Waals surface area contributed by atoms with Crippen LogP contribution in [0.4, 0.5) is 0 Å². The molecule has 134 valence electrons. The van der Waals surface area contributed by atoms with E-state index in [9.17, 15) is 13.2 Å². The molecule has 1 atom stereocenters. The number of carbonyl (C=O) groups excluding carboxylic acids is 1. The smallest absolute Gasteiger partial charge is 0.338 e. The summed E-state index contributed by atoms with van der Waals surface area (Å²) in [5.41, 5.74) is 2.09. The van der Waals surface area contributed by atoms with Crippen molar-refractivity contribution in [3.63, 3.8) is 0 Å². The number of sulfonamides is 1.